The van der Waals surface area contributed by atoms with Crippen molar-refractivity contribution in [3.8, 4) is 0 Å². The maximum absolute atomic E-state index is 5.76. The number of nitrogens with zero attached hydrogens (tertiary/aromatic N) is 1. The van der Waals surface area contributed by atoms with Crippen molar-refractivity contribution in [3.05, 3.63) is 0 Å². The molecule has 0 aromatic heterocycles. The standard InChI is InChI=1S/C10H23N3S/c1-6-14-7-8(2)12-9(11)13-10(3,4)5/h8H,6-7H2,1-5H3,(H3,11,12,13). The average molecular weight is 217 g/mol. The van der Waals surface area contributed by atoms with Crippen molar-refractivity contribution in [1.82, 2.24) is 5.32 Å². The Kier molecular flexibility index (Phi) is 6.00. The lowest BCUT2D eigenvalue weighted by atomic mass is 10.1. The molecule has 0 aliphatic rings. The molecule has 0 saturated carbocycles. The van der Waals surface area contributed by atoms with Crippen LogP contribution >= 0.6 is 11.8 Å². The zero-order valence-corrected chi connectivity index (χ0v) is 10.7. The predicted octanol–water partition coefficient (Wildman–Crippen LogP) is 1.83. The summed E-state index contributed by atoms with van der Waals surface area (Å²) in [5.74, 6) is 2.71. The summed E-state index contributed by atoms with van der Waals surface area (Å²) in [4.78, 5) is 4.36. The molecular formula is C10H23N3S. The van der Waals surface area contributed by atoms with E-state index in [2.05, 4.69) is 44.9 Å². The summed E-state index contributed by atoms with van der Waals surface area (Å²) in [6, 6.07) is 0.287. The fourth-order valence-electron chi connectivity index (χ4n) is 0.980. The predicted molar refractivity (Wildman–Crippen MR) is 67.0 cm³/mol. The molecule has 0 spiro atoms. The second-order valence-electron chi connectivity index (χ2n) is 4.40. The van der Waals surface area contributed by atoms with E-state index < -0.39 is 0 Å². The molecule has 0 aliphatic carbocycles. The Balaban J connectivity index is 3.96. The molecule has 4 heteroatoms. The zero-order chi connectivity index (χ0) is 11.2. The number of nitrogens with one attached hydrogen (secondary N) is 1. The van der Waals surface area contributed by atoms with Crippen LogP contribution in [0, 0.1) is 0 Å². The minimum Gasteiger partial charge on any atom is -0.370 e. The van der Waals surface area contributed by atoms with E-state index in [1.165, 1.54) is 0 Å². The first-order chi connectivity index (χ1) is 6.35. The van der Waals surface area contributed by atoms with Gasteiger partial charge in [-0.15, -0.1) is 0 Å². The molecule has 3 nitrogen and oxygen atoms in total. The number of hydrogen-bond donors (Lipinski definition) is 2. The lowest BCUT2D eigenvalue weighted by Gasteiger charge is -2.21. The van der Waals surface area contributed by atoms with Crippen molar-refractivity contribution >= 4 is 17.7 Å². The van der Waals surface area contributed by atoms with Crippen LogP contribution in [0.15, 0.2) is 4.99 Å². The van der Waals surface area contributed by atoms with E-state index >= 15 is 0 Å². The van der Waals surface area contributed by atoms with Crippen LogP contribution in [0.2, 0.25) is 0 Å². The highest BCUT2D eigenvalue weighted by atomic mass is 32.2. The van der Waals surface area contributed by atoms with Gasteiger partial charge < -0.3 is 11.1 Å². The van der Waals surface area contributed by atoms with E-state index in [1.54, 1.807) is 0 Å². The third-order valence-electron chi connectivity index (χ3n) is 1.43. The fraction of sp³-hybridized carbons (Fsp3) is 0.900. The molecule has 84 valence electrons. The van der Waals surface area contributed by atoms with E-state index in [0.29, 0.717) is 5.96 Å². The third kappa shape index (κ3) is 8.23. The van der Waals surface area contributed by atoms with Crippen LogP contribution in [-0.2, 0) is 0 Å². The second kappa shape index (κ2) is 6.17. The van der Waals surface area contributed by atoms with Crippen LogP contribution in [-0.4, -0.2) is 29.0 Å². The topological polar surface area (TPSA) is 50.4 Å². The molecule has 0 aromatic carbocycles. The lowest BCUT2D eigenvalue weighted by molar-refractivity contribution is 0.507. The number of rotatable bonds is 4. The number of hydrogen-bond acceptors (Lipinski definition) is 2. The van der Waals surface area contributed by atoms with Gasteiger partial charge >= 0.3 is 0 Å². The molecule has 0 radical (unpaired) electrons. The van der Waals surface area contributed by atoms with Crippen LogP contribution in [0.1, 0.15) is 34.6 Å². The summed E-state index contributed by atoms with van der Waals surface area (Å²) in [5, 5.41) is 3.14. The quantitative estimate of drug-likeness (QED) is 0.558. The Bertz CT molecular complexity index is 184. The average Bonchev–Trinajstić information content (AvgIpc) is 1.96. The van der Waals surface area contributed by atoms with Crippen molar-refractivity contribution in [3.63, 3.8) is 0 Å². The van der Waals surface area contributed by atoms with Crippen molar-refractivity contribution in [2.45, 2.75) is 46.2 Å². The summed E-state index contributed by atoms with van der Waals surface area (Å²) < 4.78 is 0. The molecule has 0 heterocycles. The van der Waals surface area contributed by atoms with Gasteiger partial charge in [0.25, 0.3) is 0 Å². The summed E-state index contributed by atoms with van der Waals surface area (Å²) in [6.07, 6.45) is 0. The lowest BCUT2D eigenvalue weighted by Crippen LogP contribution is -2.45. The molecule has 0 rings (SSSR count). The van der Waals surface area contributed by atoms with Crippen molar-refractivity contribution in [2.24, 2.45) is 10.7 Å². The molecular weight excluding hydrogens is 194 g/mol. The summed E-state index contributed by atoms with van der Waals surface area (Å²) in [7, 11) is 0. The molecule has 1 unspecified atom stereocenters. The highest BCUT2D eigenvalue weighted by molar-refractivity contribution is 7.99. The van der Waals surface area contributed by atoms with Gasteiger partial charge in [0.05, 0.1) is 6.04 Å². The van der Waals surface area contributed by atoms with E-state index in [4.69, 9.17) is 5.73 Å². The molecule has 0 amide bonds. The molecule has 0 bridgehead atoms. The van der Waals surface area contributed by atoms with Crippen molar-refractivity contribution in [2.75, 3.05) is 11.5 Å². The van der Waals surface area contributed by atoms with Gasteiger partial charge in [0.2, 0.25) is 0 Å². The summed E-state index contributed by atoms with van der Waals surface area (Å²) in [5.41, 5.74) is 5.75. The Hall–Kier alpha value is -0.380. The maximum atomic E-state index is 5.76. The maximum Gasteiger partial charge on any atom is 0.189 e. The Labute approximate surface area is 91.9 Å². The minimum atomic E-state index is -0.00873. The normalized spacial score (nSPS) is 15.4. The summed E-state index contributed by atoms with van der Waals surface area (Å²) in [6.45, 7) is 10.4. The number of thioether (sulfide) groups is 1. The summed E-state index contributed by atoms with van der Waals surface area (Å²) >= 11 is 1.89. The molecule has 14 heavy (non-hydrogen) atoms. The van der Waals surface area contributed by atoms with Gasteiger partial charge in [0.1, 0.15) is 0 Å². The first-order valence-corrected chi connectivity index (χ1v) is 6.20. The van der Waals surface area contributed by atoms with E-state index in [9.17, 15) is 0 Å². The number of nitrogens with two attached hydrogens (primary N) is 1. The SMILES string of the molecule is CCSCC(C)N=C(N)NC(C)(C)C. The van der Waals surface area contributed by atoms with Gasteiger partial charge in [-0.05, 0) is 33.4 Å². The van der Waals surface area contributed by atoms with Crippen LogP contribution in [0.3, 0.4) is 0 Å². The Morgan fingerprint density at radius 3 is 2.50 bits per heavy atom. The highest BCUT2D eigenvalue weighted by Crippen LogP contribution is 2.04. The van der Waals surface area contributed by atoms with Crippen molar-refractivity contribution < 1.29 is 0 Å². The number of aliphatic imine (C=N–C) groups is 1. The van der Waals surface area contributed by atoms with Gasteiger partial charge in [-0.25, -0.2) is 4.99 Å². The Morgan fingerprint density at radius 2 is 2.07 bits per heavy atom. The first kappa shape index (κ1) is 13.6. The molecule has 0 fully saturated rings. The van der Waals surface area contributed by atoms with Gasteiger partial charge in [-0.1, -0.05) is 6.92 Å². The molecule has 0 aromatic rings. The van der Waals surface area contributed by atoms with Crippen LogP contribution in [0.5, 0.6) is 0 Å². The van der Waals surface area contributed by atoms with Gasteiger partial charge in [-0.2, -0.15) is 11.8 Å². The molecule has 0 saturated heterocycles. The van der Waals surface area contributed by atoms with E-state index in [-0.39, 0.29) is 11.6 Å². The molecule has 0 aliphatic heterocycles. The zero-order valence-electron chi connectivity index (χ0n) is 9.92. The van der Waals surface area contributed by atoms with Gasteiger partial charge in [0.15, 0.2) is 5.96 Å². The molecule has 1 atom stereocenters. The van der Waals surface area contributed by atoms with E-state index in [0.717, 1.165) is 11.5 Å². The number of guanidine groups is 1. The first-order valence-electron chi connectivity index (χ1n) is 5.04. The Morgan fingerprint density at radius 1 is 1.50 bits per heavy atom. The van der Waals surface area contributed by atoms with Crippen LogP contribution in [0.25, 0.3) is 0 Å². The largest absolute Gasteiger partial charge is 0.370 e. The smallest absolute Gasteiger partial charge is 0.189 e. The van der Waals surface area contributed by atoms with Gasteiger partial charge in [0, 0.05) is 11.3 Å². The fourth-order valence-corrected chi connectivity index (χ4v) is 1.63. The second-order valence-corrected chi connectivity index (χ2v) is 5.72. The van der Waals surface area contributed by atoms with Gasteiger partial charge in [-0.3, -0.25) is 0 Å². The third-order valence-corrected chi connectivity index (χ3v) is 2.55. The van der Waals surface area contributed by atoms with Crippen LogP contribution in [0.4, 0.5) is 0 Å². The monoisotopic (exact) mass is 217 g/mol. The van der Waals surface area contributed by atoms with Crippen LogP contribution < -0.4 is 11.1 Å². The van der Waals surface area contributed by atoms with Crippen molar-refractivity contribution in [1.29, 1.82) is 0 Å². The molecule has 3 N–H and O–H groups in total. The minimum absolute atomic E-state index is 0.00873. The highest BCUT2D eigenvalue weighted by Gasteiger charge is 2.10. The van der Waals surface area contributed by atoms with E-state index in [1.807, 2.05) is 11.8 Å².